The summed E-state index contributed by atoms with van der Waals surface area (Å²) < 4.78 is 22.2. The number of phenols is 1. The molecule has 0 radical (unpaired) electrons. The molecule has 8 nitrogen and oxygen atoms in total. The number of carbonyl (C=O) groups excluding carboxylic acids is 1. The molecule has 0 bridgehead atoms. The quantitative estimate of drug-likeness (QED) is 0.589. The Hall–Kier alpha value is -2.29. The molecule has 2 amide bonds. The smallest absolute Gasteiger partial charge is 0.337 e. The summed E-state index contributed by atoms with van der Waals surface area (Å²) in [6, 6.07) is 2.09. The SMILES string of the molecule is CC(CS(C)(=O)=O)NC(=O)Nc1ccc(O)cc1C(=O)O. The molecule has 1 unspecified atom stereocenters. The topological polar surface area (TPSA) is 133 Å². The van der Waals surface area contributed by atoms with Gasteiger partial charge in [0.2, 0.25) is 0 Å². The molecule has 1 atom stereocenters. The van der Waals surface area contributed by atoms with Gasteiger partial charge in [-0.1, -0.05) is 0 Å². The highest BCUT2D eigenvalue weighted by atomic mass is 32.2. The number of phenolic OH excluding ortho intramolecular Hbond substituents is 1. The number of benzene rings is 1. The average Bonchev–Trinajstić information content (AvgIpc) is 2.28. The second-order valence-electron chi connectivity index (χ2n) is 4.63. The van der Waals surface area contributed by atoms with Gasteiger partial charge in [0.25, 0.3) is 0 Å². The third kappa shape index (κ3) is 5.69. The Bertz CT molecular complexity index is 656. The minimum absolute atomic E-state index is 0.00986. The van der Waals surface area contributed by atoms with Crippen LogP contribution in [-0.4, -0.2) is 48.7 Å². The molecule has 0 aromatic heterocycles. The van der Waals surface area contributed by atoms with Crippen LogP contribution in [0.25, 0.3) is 0 Å². The number of carbonyl (C=O) groups is 2. The number of sulfone groups is 1. The van der Waals surface area contributed by atoms with Crippen molar-refractivity contribution in [2.24, 2.45) is 0 Å². The van der Waals surface area contributed by atoms with Crippen molar-refractivity contribution in [1.29, 1.82) is 0 Å². The minimum Gasteiger partial charge on any atom is -0.508 e. The second kappa shape index (κ2) is 6.44. The number of rotatable bonds is 5. The minimum atomic E-state index is -3.24. The molecule has 1 aromatic carbocycles. The molecule has 4 N–H and O–H groups in total. The van der Waals surface area contributed by atoms with Crippen LogP contribution in [0.3, 0.4) is 0 Å². The van der Waals surface area contributed by atoms with Gasteiger partial charge < -0.3 is 20.8 Å². The van der Waals surface area contributed by atoms with Gasteiger partial charge in [-0.25, -0.2) is 18.0 Å². The van der Waals surface area contributed by atoms with Crippen molar-refractivity contribution in [2.45, 2.75) is 13.0 Å². The van der Waals surface area contributed by atoms with Crippen molar-refractivity contribution in [3.63, 3.8) is 0 Å². The van der Waals surface area contributed by atoms with Crippen LogP contribution in [-0.2, 0) is 9.84 Å². The molecule has 0 fully saturated rings. The molecule has 0 saturated heterocycles. The summed E-state index contributed by atoms with van der Waals surface area (Å²) in [6.07, 6.45) is 1.05. The largest absolute Gasteiger partial charge is 0.508 e. The lowest BCUT2D eigenvalue weighted by molar-refractivity contribution is 0.0697. The first-order valence-electron chi connectivity index (χ1n) is 5.90. The number of hydrogen-bond donors (Lipinski definition) is 4. The number of carboxylic acids is 1. The molecular weight excluding hydrogens is 300 g/mol. The Morgan fingerprint density at radius 1 is 1.33 bits per heavy atom. The molecule has 1 aromatic rings. The molecule has 0 aliphatic rings. The zero-order chi connectivity index (χ0) is 16.2. The number of aromatic carboxylic acids is 1. The maximum absolute atomic E-state index is 11.7. The molecule has 0 spiro atoms. The Labute approximate surface area is 121 Å². The van der Waals surface area contributed by atoms with E-state index in [9.17, 15) is 23.1 Å². The highest BCUT2D eigenvalue weighted by Gasteiger charge is 2.16. The van der Waals surface area contributed by atoms with Crippen LogP contribution >= 0.6 is 0 Å². The van der Waals surface area contributed by atoms with Gasteiger partial charge in [-0.2, -0.15) is 0 Å². The van der Waals surface area contributed by atoms with E-state index in [2.05, 4.69) is 10.6 Å². The van der Waals surface area contributed by atoms with Crippen LogP contribution in [0, 0.1) is 0 Å². The summed E-state index contributed by atoms with van der Waals surface area (Å²) >= 11 is 0. The van der Waals surface area contributed by atoms with Crippen molar-refractivity contribution >= 4 is 27.5 Å². The first-order valence-corrected chi connectivity index (χ1v) is 7.96. The van der Waals surface area contributed by atoms with Crippen molar-refractivity contribution < 1.29 is 28.2 Å². The third-order valence-electron chi connectivity index (χ3n) is 2.41. The number of amides is 2. The van der Waals surface area contributed by atoms with Crippen LogP contribution < -0.4 is 10.6 Å². The second-order valence-corrected chi connectivity index (χ2v) is 6.81. The lowest BCUT2D eigenvalue weighted by Crippen LogP contribution is -2.40. The number of urea groups is 1. The lowest BCUT2D eigenvalue weighted by atomic mass is 10.1. The molecule has 0 heterocycles. The van der Waals surface area contributed by atoms with Gasteiger partial charge in [0, 0.05) is 12.3 Å². The monoisotopic (exact) mass is 316 g/mol. The molecular formula is C12H16N2O6S. The van der Waals surface area contributed by atoms with Crippen LogP contribution in [0.5, 0.6) is 5.75 Å². The van der Waals surface area contributed by atoms with Crippen LogP contribution in [0.2, 0.25) is 0 Å². The average molecular weight is 316 g/mol. The van der Waals surface area contributed by atoms with Gasteiger partial charge in [-0.15, -0.1) is 0 Å². The third-order valence-corrected chi connectivity index (χ3v) is 3.52. The van der Waals surface area contributed by atoms with Crippen molar-refractivity contribution in [1.82, 2.24) is 5.32 Å². The van der Waals surface area contributed by atoms with Crippen molar-refractivity contribution in [2.75, 3.05) is 17.3 Å². The highest BCUT2D eigenvalue weighted by Crippen LogP contribution is 2.21. The predicted molar refractivity (Wildman–Crippen MR) is 76.4 cm³/mol. The number of nitrogens with one attached hydrogen (secondary N) is 2. The van der Waals surface area contributed by atoms with Crippen LogP contribution in [0.15, 0.2) is 18.2 Å². The Balaban J connectivity index is 2.78. The zero-order valence-electron chi connectivity index (χ0n) is 11.5. The van der Waals surface area contributed by atoms with Gasteiger partial charge in [0.05, 0.1) is 17.0 Å². The number of hydrogen-bond acceptors (Lipinski definition) is 5. The summed E-state index contributed by atoms with van der Waals surface area (Å²) in [5.41, 5.74) is -0.287. The molecule has 1 rings (SSSR count). The van der Waals surface area contributed by atoms with Gasteiger partial charge in [0.1, 0.15) is 15.6 Å². The van der Waals surface area contributed by atoms with Crippen LogP contribution in [0.1, 0.15) is 17.3 Å². The van der Waals surface area contributed by atoms with Gasteiger partial charge in [-0.05, 0) is 25.1 Å². The first kappa shape index (κ1) is 16.8. The predicted octanol–water partition coefficient (Wildman–Crippen LogP) is 0.645. The van der Waals surface area contributed by atoms with E-state index in [1.54, 1.807) is 0 Å². The Morgan fingerprint density at radius 3 is 2.48 bits per heavy atom. The molecule has 0 saturated carbocycles. The van der Waals surface area contributed by atoms with E-state index in [0.717, 1.165) is 12.3 Å². The van der Waals surface area contributed by atoms with Gasteiger partial charge >= 0.3 is 12.0 Å². The van der Waals surface area contributed by atoms with Gasteiger partial charge in [0.15, 0.2) is 0 Å². The van der Waals surface area contributed by atoms with E-state index >= 15 is 0 Å². The van der Waals surface area contributed by atoms with Gasteiger partial charge in [-0.3, -0.25) is 0 Å². The Kier molecular flexibility index (Phi) is 5.14. The fourth-order valence-corrected chi connectivity index (χ4v) is 2.69. The normalized spacial score (nSPS) is 12.5. The maximum atomic E-state index is 11.7. The Morgan fingerprint density at radius 2 is 1.95 bits per heavy atom. The molecule has 0 aliphatic carbocycles. The van der Waals surface area contributed by atoms with E-state index in [1.807, 2.05) is 0 Å². The fourth-order valence-electron chi connectivity index (χ4n) is 1.70. The molecule has 21 heavy (non-hydrogen) atoms. The van der Waals surface area contributed by atoms with E-state index in [1.165, 1.54) is 19.1 Å². The number of carboxylic acid groups (broad SMARTS) is 1. The van der Waals surface area contributed by atoms with E-state index in [0.29, 0.717) is 0 Å². The highest BCUT2D eigenvalue weighted by molar-refractivity contribution is 7.90. The number of anilines is 1. The van der Waals surface area contributed by atoms with Crippen molar-refractivity contribution in [3.8, 4) is 5.75 Å². The summed E-state index contributed by atoms with van der Waals surface area (Å²) in [6.45, 7) is 1.51. The van der Waals surface area contributed by atoms with E-state index < -0.39 is 27.9 Å². The summed E-state index contributed by atoms with van der Waals surface area (Å²) in [4.78, 5) is 22.7. The first-order chi connectivity index (χ1) is 9.58. The lowest BCUT2D eigenvalue weighted by Gasteiger charge is -2.14. The molecule has 0 aliphatic heterocycles. The zero-order valence-corrected chi connectivity index (χ0v) is 12.3. The van der Waals surface area contributed by atoms with E-state index in [-0.39, 0.29) is 22.8 Å². The molecule has 9 heteroatoms. The summed E-state index contributed by atoms with van der Waals surface area (Å²) in [5, 5.41) is 22.9. The standard InChI is InChI=1S/C12H16N2O6S/c1-7(6-21(2,19)20)13-12(18)14-10-4-3-8(15)5-9(10)11(16)17/h3-5,7,15H,6H2,1-2H3,(H,16,17)(H2,13,14,18). The fraction of sp³-hybridized carbons (Fsp3) is 0.333. The van der Waals surface area contributed by atoms with Crippen LogP contribution in [0.4, 0.5) is 10.5 Å². The van der Waals surface area contributed by atoms with E-state index in [4.69, 9.17) is 5.11 Å². The molecule has 116 valence electrons. The summed E-state index contributed by atoms with van der Waals surface area (Å²) in [5.74, 6) is -1.80. The number of aromatic hydroxyl groups is 1. The summed E-state index contributed by atoms with van der Waals surface area (Å²) in [7, 11) is -3.24. The van der Waals surface area contributed by atoms with Crippen molar-refractivity contribution in [3.05, 3.63) is 23.8 Å². The maximum Gasteiger partial charge on any atom is 0.337 e.